The summed E-state index contributed by atoms with van der Waals surface area (Å²) >= 11 is 0. The number of oxazole rings is 1. The van der Waals surface area contributed by atoms with Crippen molar-refractivity contribution in [1.82, 2.24) is 20.1 Å². The highest BCUT2D eigenvalue weighted by Crippen LogP contribution is 2.28. The number of carbonyl (C=O) groups is 2. The number of hydrogen-bond donors (Lipinski definition) is 1. The highest BCUT2D eigenvalue weighted by Gasteiger charge is 2.33. The lowest BCUT2D eigenvalue weighted by atomic mass is 9.92. The summed E-state index contributed by atoms with van der Waals surface area (Å²) in [5, 5.41) is 2.85. The number of rotatable bonds is 3. The second-order valence-corrected chi connectivity index (χ2v) is 8.92. The number of amides is 2. The number of fused-ring (bicyclic) bond motifs is 1. The average molecular weight is 426 g/mol. The fourth-order valence-corrected chi connectivity index (χ4v) is 5.17. The van der Waals surface area contributed by atoms with Gasteiger partial charge in [-0.05, 0) is 50.9 Å². The smallest absolute Gasteiger partial charge is 0.298 e. The molecule has 166 valence electrons. The Labute approximate surface area is 182 Å². The molecular formula is C23H31N5O3. The maximum atomic E-state index is 12.9. The summed E-state index contributed by atoms with van der Waals surface area (Å²) in [5.41, 5.74) is 1.76. The third kappa shape index (κ3) is 4.39. The molecule has 0 atom stereocenters. The fraction of sp³-hybridized carbons (Fsp3) is 0.609. The number of aromatic nitrogens is 1. The zero-order chi connectivity index (χ0) is 21.2. The molecule has 0 bridgehead atoms. The zero-order valence-corrected chi connectivity index (χ0v) is 18.0. The molecule has 31 heavy (non-hydrogen) atoms. The third-order valence-corrected chi connectivity index (χ3v) is 7.04. The Balaban J connectivity index is 1.11. The Kier molecular flexibility index (Phi) is 5.80. The van der Waals surface area contributed by atoms with Crippen LogP contribution in [-0.2, 0) is 9.59 Å². The minimum absolute atomic E-state index is 0.0503. The van der Waals surface area contributed by atoms with Crippen LogP contribution < -0.4 is 10.2 Å². The van der Waals surface area contributed by atoms with E-state index in [9.17, 15) is 9.59 Å². The van der Waals surface area contributed by atoms with E-state index in [0.717, 1.165) is 69.0 Å². The summed E-state index contributed by atoms with van der Waals surface area (Å²) in [6.07, 6.45) is 4.45. The number of benzene rings is 1. The van der Waals surface area contributed by atoms with Gasteiger partial charge in [0.1, 0.15) is 5.52 Å². The molecule has 0 aliphatic carbocycles. The van der Waals surface area contributed by atoms with Crippen molar-refractivity contribution in [2.24, 2.45) is 5.92 Å². The molecule has 0 radical (unpaired) electrons. The van der Waals surface area contributed by atoms with E-state index < -0.39 is 0 Å². The van der Waals surface area contributed by atoms with Gasteiger partial charge < -0.3 is 24.4 Å². The number of likely N-dealkylation sites (tertiary alicyclic amines) is 1. The van der Waals surface area contributed by atoms with E-state index in [0.29, 0.717) is 32.1 Å². The Hall–Kier alpha value is -2.61. The van der Waals surface area contributed by atoms with Crippen LogP contribution in [0.5, 0.6) is 0 Å². The highest BCUT2D eigenvalue weighted by molar-refractivity contribution is 5.81. The van der Waals surface area contributed by atoms with Gasteiger partial charge in [-0.1, -0.05) is 12.1 Å². The summed E-state index contributed by atoms with van der Waals surface area (Å²) in [4.78, 5) is 35.8. The van der Waals surface area contributed by atoms with Crippen LogP contribution >= 0.6 is 0 Å². The maximum absolute atomic E-state index is 12.9. The van der Waals surface area contributed by atoms with Gasteiger partial charge in [-0.3, -0.25) is 9.59 Å². The molecule has 0 unspecified atom stereocenters. The van der Waals surface area contributed by atoms with Gasteiger partial charge in [0.25, 0.3) is 6.01 Å². The molecule has 0 saturated carbocycles. The van der Waals surface area contributed by atoms with E-state index in [4.69, 9.17) is 4.42 Å². The fourth-order valence-electron chi connectivity index (χ4n) is 5.17. The molecule has 4 heterocycles. The number of nitrogens with one attached hydrogen (secondary N) is 1. The molecule has 1 aromatic heterocycles. The molecule has 3 fully saturated rings. The summed E-state index contributed by atoms with van der Waals surface area (Å²) in [6, 6.07) is 9.20. The van der Waals surface area contributed by atoms with E-state index in [1.54, 1.807) is 0 Å². The van der Waals surface area contributed by atoms with Crippen molar-refractivity contribution in [2.45, 2.75) is 38.1 Å². The average Bonchev–Trinajstić information content (AvgIpc) is 3.13. The Bertz CT molecular complexity index is 895. The molecule has 2 aromatic rings. The lowest BCUT2D eigenvalue weighted by Gasteiger charge is -2.41. The van der Waals surface area contributed by atoms with Crippen molar-refractivity contribution in [3.05, 3.63) is 24.3 Å². The van der Waals surface area contributed by atoms with E-state index in [1.165, 1.54) is 0 Å². The summed E-state index contributed by atoms with van der Waals surface area (Å²) in [6.45, 7) is 5.63. The van der Waals surface area contributed by atoms with E-state index >= 15 is 0 Å². The van der Waals surface area contributed by atoms with Crippen LogP contribution in [0.1, 0.15) is 32.1 Å². The molecular weight excluding hydrogens is 394 g/mol. The van der Waals surface area contributed by atoms with Crippen molar-refractivity contribution >= 4 is 28.9 Å². The number of piperidine rings is 2. The minimum Gasteiger partial charge on any atom is -0.423 e. The summed E-state index contributed by atoms with van der Waals surface area (Å²) in [7, 11) is 0. The van der Waals surface area contributed by atoms with Crippen LogP contribution in [0, 0.1) is 5.92 Å². The van der Waals surface area contributed by atoms with Gasteiger partial charge in [0.15, 0.2) is 5.58 Å². The molecule has 1 N–H and O–H groups in total. The number of anilines is 1. The van der Waals surface area contributed by atoms with Crippen LogP contribution in [0.25, 0.3) is 11.1 Å². The standard InChI is InChI=1S/C23H31N5O3/c29-21-9-15-27(16-10-24-21)22(30)17-5-11-26(12-6-17)18-7-13-28(14-8-18)23-25-19-3-1-2-4-20(19)31-23/h1-4,17-18H,5-16H2,(H,24,29). The number of para-hydroxylation sites is 2. The van der Waals surface area contributed by atoms with Crippen molar-refractivity contribution < 1.29 is 14.0 Å². The highest BCUT2D eigenvalue weighted by atomic mass is 16.4. The normalized spacial score (nSPS) is 22.5. The first-order valence-electron chi connectivity index (χ1n) is 11.6. The monoisotopic (exact) mass is 425 g/mol. The third-order valence-electron chi connectivity index (χ3n) is 7.04. The Morgan fingerprint density at radius 3 is 2.55 bits per heavy atom. The van der Waals surface area contributed by atoms with Crippen molar-refractivity contribution in [1.29, 1.82) is 0 Å². The summed E-state index contributed by atoms with van der Waals surface area (Å²) in [5.74, 6) is 0.389. The molecule has 8 nitrogen and oxygen atoms in total. The first-order chi connectivity index (χ1) is 15.2. The predicted octanol–water partition coefficient (Wildman–Crippen LogP) is 1.86. The largest absolute Gasteiger partial charge is 0.423 e. The molecule has 3 aliphatic heterocycles. The molecule has 2 amide bonds. The Morgan fingerprint density at radius 1 is 1.00 bits per heavy atom. The molecule has 1 aromatic carbocycles. The van der Waals surface area contributed by atoms with Gasteiger partial charge >= 0.3 is 0 Å². The van der Waals surface area contributed by atoms with Crippen LogP contribution in [0.15, 0.2) is 28.7 Å². The van der Waals surface area contributed by atoms with Gasteiger partial charge in [-0.2, -0.15) is 4.98 Å². The zero-order valence-electron chi connectivity index (χ0n) is 18.0. The van der Waals surface area contributed by atoms with Crippen LogP contribution in [0.4, 0.5) is 6.01 Å². The van der Waals surface area contributed by atoms with E-state index in [2.05, 4.69) is 20.1 Å². The number of carbonyl (C=O) groups excluding carboxylic acids is 2. The molecule has 3 aliphatic rings. The Morgan fingerprint density at radius 2 is 1.77 bits per heavy atom. The van der Waals surface area contributed by atoms with Gasteiger partial charge in [-0.25, -0.2) is 0 Å². The second-order valence-electron chi connectivity index (χ2n) is 8.92. The first kappa shape index (κ1) is 20.3. The van der Waals surface area contributed by atoms with E-state index in [-0.39, 0.29) is 17.7 Å². The maximum Gasteiger partial charge on any atom is 0.298 e. The van der Waals surface area contributed by atoms with Crippen LogP contribution in [0.2, 0.25) is 0 Å². The minimum atomic E-state index is 0.0503. The van der Waals surface area contributed by atoms with Crippen molar-refractivity contribution in [3.8, 4) is 0 Å². The van der Waals surface area contributed by atoms with E-state index in [1.807, 2.05) is 29.2 Å². The van der Waals surface area contributed by atoms with Gasteiger partial charge in [-0.15, -0.1) is 0 Å². The first-order valence-corrected chi connectivity index (χ1v) is 11.6. The predicted molar refractivity (Wildman–Crippen MR) is 118 cm³/mol. The molecule has 3 saturated heterocycles. The SMILES string of the molecule is O=C1CCN(C(=O)C2CCN(C3CCN(c4nc5ccccc5o4)CC3)CC2)CCN1. The topological polar surface area (TPSA) is 81.9 Å². The van der Waals surface area contributed by atoms with Gasteiger partial charge in [0.05, 0.1) is 0 Å². The molecule has 5 rings (SSSR count). The van der Waals surface area contributed by atoms with Crippen molar-refractivity contribution in [3.63, 3.8) is 0 Å². The van der Waals surface area contributed by atoms with Gasteiger partial charge in [0, 0.05) is 51.1 Å². The number of hydrogen-bond acceptors (Lipinski definition) is 6. The number of nitrogens with zero attached hydrogens (tertiary/aromatic N) is 4. The van der Waals surface area contributed by atoms with Gasteiger partial charge in [0.2, 0.25) is 11.8 Å². The molecule has 8 heteroatoms. The molecule has 0 spiro atoms. The lowest BCUT2D eigenvalue weighted by Crippen LogP contribution is -2.50. The second kappa shape index (κ2) is 8.86. The van der Waals surface area contributed by atoms with Crippen molar-refractivity contribution in [2.75, 3.05) is 50.7 Å². The quantitative estimate of drug-likeness (QED) is 0.808. The van der Waals surface area contributed by atoms with Crippen LogP contribution in [-0.4, -0.2) is 78.5 Å². The summed E-state index contributed by atoms with van der Waals surface area (Å²) < 4.78 is 5.94. The van der Waals surface area contributed by atoms with Crippen LogP contribution in [0.3, 0.4) is 0 Å². The lowest BCUT2D eigenvalue weighted by molar-refractivity contribution is -0.137.